The molecule has 1 atom stereocenters. The Morgan fingerprint density at radius 1 is 1.10 bits per heavy atom. The van der Waals surface area contributed by atoms with E-state index in [4.69, 9.17) is 19.2 Å². The van der Waals surface area contributed by atoms with Crippen molar-refractivity contribution in [3.05, 3.63) is 41.0 Å². The lowest BCUT2D eigenvalue weighted by Crippen LogP contribution is -2.25. The highest BCUT2D eigenvalue weighted by Crippen LogP contribution is 2.42. The Labute approximate surface area is 180 Å². The molecule has 2 aliphatic carbocycles. The summed E-state index contributed by atoms with van der Waals surface area (Å²) in [6.07, 6.45) is 6.97. The third-order valence-corrected chi connectivity index (χ3v) is 6.31. The summed E-state index contributed by atoms with van der Waals surface area (Å²) in [5.41, 5.74) is 3.10. The minimum atomic E-state index is 0.109. The number of rotatable bonds is 8. The highest BCUT2D eigenvalue weighted by Gasteiger charge is 2.34. The lowest BCUT2D eigenvalue weighted by atomic mass is 10.1. The summed E-state index contributed by atoms with van der Waals surface area (Å²) in [7, 11) is 1.68. The van der Waals surface area contributed by atoms with Crippen molar-refractivity contribution in [1.82, 2.24) is 25.3 Å². The lowest BCUT2D eigenvalue weighted by molar-refractivity contribution is 0.181. The second kappa shape index (κ2) is 7.64. The fraction of sp³-hybridized carbons (Fsp3) is 0.545. The highest BCUT2D eigenvalue weighted by molar-refractivity contribution is 5.55. The number of aromatic nitrogens is 5. The van der Waals surface area contributed by atoms with Gasteiger partial charge in [0, 0.05) is 49.4 Å². The predicted octanol–water partition coefficient (Wildman–Crippen LogP) is 4.17. The number of hydrogen-bond acceptors (Lipinski definition) is 8. The Bertz CT molecular complexity index is 1070. The summed E-state index contributed by atoms with van der Waals surface area (Å²) in [5.74, 6) is 4.29. The van der Waals surface area contributed by atoms with Crippen LogP contribution in [0.3, 0.4) is 0 Å². The Morgan fingerprint density at radius 3 is 2.77 bits per heavy atom. The maximum atomic E-state index is 5.73. The van der Waals surface area contributed by atoms with Crippen molar-refractivity contribution < 1.29 is 9.26 Å². The predicted molar refractivity (Wildman–Crippen MR) is 114 cm³/mol. The molecule has 1 saturated heterocycles. The van der Waals surface area contributed by atoms with Gasteiger partial charge in [-0.25, -0.2) is 4.98 Å². The van der Waals surface area contributed by atoms with Crippen LogP contribution in [-0.4, -0.2) is 39.0 Å². The number of hydrogen-bond donors (Lipinski definition) is 2. The molecule has 0 unspecified atom stereocenters. The molecule has 3 aromatic heterocycles. The van der Waals surface area contributed by atoms with E-state index in [0.717, 1.165) is 42.4 Å². The molecule has 0 bridgehead atoms. The molecule has 2 N–H and O–H groups in total. The van der Waals surface area contributed by atoms with E-state index in [1.807, 2.05) is 6.07 Å². The van der Waals surface area contributed by atoms with Crippen LogP contribution in [0.2, 0.25) is 0 Å². The molecule has 31 heavy (non-hydrogen) atoms. The number of methoxy groups -OCH3 is 1. The number of nitrogens with zero attached hydrogens (tertiary/aromatic N) is 5. The number of nitrogens with one attached hydrogen (secondary N) is 2. The molecule has 3 aliphatic rings. The lowest BCUT2D eigenvalue weighted by Gasteiger charge is -2.23. The van der Waals surface area contributed by atoms with E-state index in [0.29, 0.717) is 30.2 Å². The monoisotopic (exact) mass is 421 g/mol. The minimum Gasteiger partial charge on any atom is -0.378 e. The largest absolute Gasteiger partial charge is 0.378 e. The zero-order chi connectivity index (χ0) is 20.8. The van der Waals surface area contributed by atoms with E-state index in [1.54, 1.807) is 7.11 Å². The molecule has 0 spiro atoms. The Morgan fingerprint density at radius 2 is 1.97 bits per heavy atom. The van der Waals surface area contributed by atoms with E-state index in [-0.39, 0.29) is 6.04 Å². The molecule has 9 nitrogen and oxygen atoms in total. The fourth-order valence-electron chi connectivity index (χ4n) is 4.37. The van der Waals surface area contributed by atoms with E-state index in [9.17, 15) is 0 Å². The smallest absolute Gasteiger partial charge is 0.228 e. The quantitative estimate of drug-likeness (QED) is 0.558. The molecule has 4 heterocycles. The van der Waals surface area contributed by atoms with Gasteiger partial charge in [0.2, 0.25) is 5.95 Å². The third kappa shape index (κ3) is 3.89. The zero-order valence-electron chi connectivity index (χ0n) is 17.7. The first-order valence-electron chi connectivity index (χ1n) is 11.2. The van der Waals surface area contributed by atoms with Crippen LogP contribution < -0.4 is 10.2 Å². The van der Waals surface area contributed by atoms with Gasteiger partial charge in [0.15, 0.2) is 11.6 Å². The zero-order valence-corrected chi connectivity index (χ0v) is 17.7. The van der Waals surface area contributed by atoms with Crippen LogP contribution in [0.4, 0.5) is 17.6 Å². The van der Waals surface area contributed by atoms with Gasteiger partial charge in [-0.15, -0.1) is 0 Å². The molecular weight excluding hydrogens is 394 g/mol. The van der Waals surface area contributed by atoms with Crippen molar-refractivity contribution in [3.8, 4) is 0 Å². The Kier molecular flexibility index (Phi) is 4.63. The summed E-state index contributed by atoms with van der Waals surface area (Å²) in [5, 5.41) is 15.2. The molecule has 9 heteroatoms. The van der Waals surface area contributed by atoms with Crippen LogP contribution in [0.5, 0.6) is 0 Å². The topological polar surface area (TPSA) is 105 Å². The van der Waals surface area contributed by atoms with Gasteiger partial charge in [-0.05, 0) is 38.5 Å². The van der Waals surface area contributed by atoms with Gasteiger partial charge >= 0.3 is 0 Å². The van der Waals surface area contributed by atoms with Gasteiger partial charge < -0.3 is 19.5 Å². The van der Waals surface area contributed by atoms with Crippen LogP contribution in [0, 0.1) is 0 Å². The van der Waals surface area contributed by atoms with Crippen molar-refractivity contribution >= 4 is 17.6 Å². The number of aromatic amines is 1. The summed E-state index contributed by atoms with van der Waals surface area (Å²) in [4.78, 5) is 11.8. The van der Waals surface area contributed by atoms with Crippen molar-refractivity contribution in [1.29, 1.82) is 0 Å². The SMILES string of the molecule is COCc1cc(Nc2cc(C3CC3)[nH]n2)nc(N2CCC[C@H]2c2cc(C3CC3)no2)n1. The van der Waals surface area contributed by atoms with Gasteiger partial charge in [-0.3, -0.25) is 5.10 Å². The van der Waals surface area contributed by atoms with Gasteiger partial charge in [0.25, 0.3) is 0 Å². The second-order valence-corrected chi connectivity index (χ2v) is 8.87. The van der Waals surface area contributed by atoms with Crippen LogP contribution in [-0.2, 0) is 11.3 Å². The van der Waals surface area contributed by atoms with Crippen LogP contribution in [0.1, 0.15) is 79.2 Å². The van der Waals surface area contributed by atoms with Gasteiger partial charge in [-0.1, -0.05) is 5.16 Å². The maximum Gasteiger partial charge on any atom is 0.228 e. The average Bonchev–Trinajstić information content (AvgIpc) is 3.64. The molecule has 6 rings (SSSR count). The Balaban J connectivity index is 1.27. The van der Waals surface area contributed by atoms with Crippen molar-refractivity contribution in [2.24, 2.45) is 0 Å². The normalized spacial score (nSPS) is 21.1. The highest BCUT2D eigenvalue weighted by atomic mass is 16.5. The first kappa shape index (κ1) is 18.8. The second-order valence-electron chi connectivity index (χ2n) is 8.87. The van der Waals surface area contributed by atoms with Crippen molar-refractivity contribution in [2.75, 3.05) is 23.9 Å². The first-order valence-corrected chi connectivity index (χ1v) is 11.2. The summed E-state index contributed by atoms with van der Waals surface area (Å²) >= 11 is 0. The standard InChI is InChI=1S/C22H27N7O2/c1-30-12-15-9-20(24-21-11-16(26-27-21)13-4-5-13)25-22(23-15)29-8-2-3-18(29)19-10-17(28-31-19)14-6-7-14/h9-11,13-14,18H,2-8,12H2,1H3,(H2,23,24,25,26,27)/t18-/m0/s1. The fourth-order valence-corrected chi connectivity index (χ4v) is 4.37. The van der Waals surface area contributed by atoms with Crippen molar-refractivity contribution in [2.45, 2.75) is 63.0 Å². The molecule has 2 saturated carbocycles. The van der Waals surface area contributed by atoms with Crippen LogP contribution in [0.25, 0.3) is 0 Å². The van der Waals surface area contributed by atoms with E-state index in [2.05, 4.69) is 37.7 Å². The number of anilines is 3. The molecule has 0 radical (unpaired) electrons. The molecule has 3 aromatic rings. The van der Waals surface area contributed by atoms with Crippen molar-refractivity contribution in [3.63, 3.8) is 0 Å². The summed E-state index contributed by atoms with van der Waals surface area (Å²) < 4.78 is 11.1. The van der Waals surface area contributed by atoms with Gasteiger partial charge in [-0.2, -0.15) is 10.1 Å². The maximum absolute atomic E-state index is 5.73. The minimum absolute atomic E-state index is 0.109. The molecule has 162 valence electrons. The third-order valence-electron chi connectivity index (χ3n) is 6.31. The van der Waals surface area contributed by atoms with Crippen LogP contribution in [0.15, 0.2) is 22.7 Å². The van der Waals surface area contributed by atoms with E-state index >= 15 is 0 Å². The van der Waals surface area contributed by atoms with Gasteiger partial charge in [0.05, 0.1) is 24.0 Å². The summed E-state index contributed by atoms with van der Waals surface area (Å²) in [6.45, 7) is 1.30. The molecule has 1 aliphatic heterocycles. The first-order chi connectivity index (χ1) is 15.3. The average molecular weight is 422 g/mol. The molecule has 0 amide bonds. The van der Waals surface area contributed by atoms with E-state index < -0.39 is 0 Å². The van der Waals surface area contributed by atoms with Crippen LogP contribution >= 0.6 is 0 Å². The number of H-pyrrole nitrogens is 1. The Hall–Kier alpha value is -2.94. The molecular formula is C22H27N7O2. The van der Waals surface area contributed by atoms with E-state index in [1.165, 1.54) is 31.4 Å². The number of ether oxygens (including phenoxy) is 1. The molecule has 0 aromatic carbocycles. The molecule has 3 fully saturated rings. The summed E-state index contributed by atoms with van der Waals surface area (Å²) in [6, 6.07) is 6.23. The van der Waals surface area contributed by atoms with Gasteiger partial charge in [0.1, 0.15) is 5.82 Å².